The summed E-state index contributed by atoms with van der Waals surface area (Å²) in [6, 6.07) is 13.5. The first-order chi connectivity index (χ1) is 13.4. The van der Waals surface area contributed by atoms with Crippen LogP contribution in [0.5, 0.6) is 0 Å². The third-order valence-electron chi connectivity index (χ3n) is 4.17. The zero-order valence-corrected chi connectivity index (χ0v) is 16.3. The predicted octanol–water partition coefficient (Wildman–Crippen LogP) is 4.79. The molecule has 0 atom stereocenters. The SMILES string of the molecule is Cc1cc(C(=O)Nc2cc(Cl)ccc2C)nc(NCCc2ccccc2F)n1. The topological polar surface area (TPSA) is 66.9 Å². The summed E-state index contributed by atoms with van der Waals surface area (Å²) in [5.41, 5.74) is 3.02. The second-order valence-electron chi connectivity index (χ2n) is 6.40. The molecule has 5 nitrogen and oxygen atoms in total. The Balaban J connectivity index is 1.69. The van der Waals surface area contributed by atoms with Crippen molar-refractivity contribution in [2.75, 3.05) is 17.2 Å². The monoisotopic (exact) mass is 398 g/mol. The van der Waals surface area contributed by atoms with Gasteiger partial charge in [0.2, 0.25) is 5.95 Å². The normalized spacial score (nSPS) is 10.6. The lowest BCUT2D eigenvalue weighted by Gasteiger charge is -2.11. The molecule has 3 rings (SSSR count). The molecule has 0 radical (unpaired) electrons. The standard InChI is InChI=1S/C21H20ClFN4O/c1-13-7-8-16(22)12-18(13)26-20(28)19-11-14(2)25-21(27-19)24-10-9-15-5-3-4-6-17(15)23/h3-8,11-12H,9-10H2,1-2H3,(H,26,28)(H,24,25,27). The number of nitrogens with one attached hydrogen (secondary N) is 2. The van der Waals surface area contributed by atoms with Gasteiger partial charge < -0.3 is 10.6 Å². The fourth-order valence-electron chi connectivity index (χ4n) is 2.69. The number of rotatable bonds is 6. The van der Waals surface area contributed by atoms with Crippen molar-refractivity contribution in [2.24, 2.45) is 0 Å². The smallest absolute Gasteiger partial charge is 0.274 e. The molecular weight excluding hydrogens is 379 g/mol. The molecule has 0 aliphatic heterocycles. The van der Waals surface area contributed by atoms with Crippen molar-refractivity contribution in [1.82, 2.24) is 9.97 Å². The summed E-state index contributed by atoms with van der Waals surface area (Å²) in [6.45, 7) is 4.11. The minimum atomic E-state index is -0.354. The highest BCUT2D eigenvalue weighted by molar-refractivity contribution is 6.31. The molecule has 28 heavy (non-hydrogen) atoms. The lowest BCUT2D eigenvalue weighted by atomic mass is 10.1. The summed E-state index contributed by atoms with van der Waals surface area (Å²) in [5, 5.41) is 6.41. The van der Waals surface area contributed by atoms with E-state index in [2.05, 4.69) is 20.6 Å². The summed E-state index contributed by atoms with van der Waals surface area (Å²) in [6.07, 6.45) is 0.479. The van der Waals surface area contributed by atoms with Gasteiger partial charge in [0.05, 0.1) is 0 Å². The van der Waals surface area contributed by atoms with Crippen molar-refractivity contribution in [1.29, 1.82) is 0 Å². The highest BCUT2D eigenvalue weighted by Gasteiger charge is 2.12. The molecule has 0 saturated carbocycles. The van der Waals surface area contributed by atoms with E-state index < -0.39 is 0 Å². The van der Waals surface area contributed by atoms with E-state index in [9.17, 15) is 9.18 Å². The molecule has 1 amide bonds. The number of nitrogens with zero attached hydrogens (tertiary/aromatic N) is 2. The van der Waals surface area contributed by atoms with Crippen molar-refractivity contribution in [3.8, 4) is 0 Å². The largest absolute Gasteiger partial charge is 0.354 e. The van der Waals surface area contributed by atoms with Gasteiger partial charge in [0.1, 0.15) is 11.5 Å². The Morgan fingerprint density at radius 3 is 2.68 bits per heavy atom. The van der Waals surface area contributed by atoms with Crippen LogP contribution in [0.1, 0.15) is 27.3 Å². The number of amides is 1. The Morgan fingerprint density at radius 1 is 1.11 bits per heavy atom. The van der Waals surface area contributed by atoms with Crippen LogP contribution in [0.3, 0.4) is 0 Å². The fraction of sp³-hybridized carbons (Fsp3) is 0.190. The molecule has 144 valence electrons. The number of aromatic nitrogens is 2. The third kappa shape index (κ3) is 5.04. The number of carbonyl (C=O) groups is 1. The van der Waals surface area contributed by atoms with Gasteiger partial charge in [-0.25, -0.2) is 14.4 Å². The fourth-order valence-corrected chi connectivity index (χ4v) is 2.86. The maximum absolute atomic E-state index is 13.7. The number of carbonyl (C=O) groups excluding carboxylic acids is 1. The van der Waals surface area contributed by atoms with Gasteiger partial charge in [0.25, 0.3) is 5.91 Å². The third-order valence-corrected chi connectivity index (χ3v) is 4.41. The van der Waals surface area contributed by atoms with Crippen molar-refractivity contribution >= 4 is 29.1 Å². The van der Waals surface area contributed by atoms with E-state index in [1.165, 1.54) is 6.07 Å². The van der Waals surface area contributed by atoms with Crippen LogP contribution in [0, 0.1) is 19.7 Å². The van der Waals surface area contributed by atoms with Crippen LogP contribution in [0.25, 0.3) is 0 Å². The van der Waals surface area contributed by atoms with Crippen molar-refractivity contribution in [3.63, 3.8) is 0 Å². The zero-order valence-electron chi connectivity index (χ0n) is 15.6. The molecular formula is C21H20ClFN4O. The first-order valence-electron chi connectivity index (χ1n) is 8.83. The molecule has 2 N–H and O–H groups in total. The van der Waals surface area contributed by atoms with Gasteiger partial charge >= 0.3 is 0 Å². The number of aryl methyl sites for hydroxylation is 2. The number of hydrogen-bond acceptors (Lipinski definition) is 4. The van der Waals surface area contributed by atoms with Crippen molar-refractivity contribution in [2.45, 2.75) is 20.3 Å². The highest BCUT2D eigenvalue weighted by Crippen LogP contribution is 2.21. The first-order valence-corrected chi connectivity index (χ1v) is 9.20. The van der Waals surface area contributed by atoms with Crippen molar-refractivity contribution in [3.05, 3.63) is 81.9 Å². The first kappa shape index (κ1) is 19.8. The summed E-state index contributed by atoms with van der Waals surface area (Å²) >= 11 is 6.00. The van der Waals surface area contributed by atoms with Crippen molar-refractivity contribution < 1.29 is 9.18 Å². The zero-order chi connectivity index (χ0) is 20.1. The Bertz CT molecular complexity index is 1010. The molecule has 0 saturated heterocycles. The van der Waals surface area contributed by atoms with E-state index >= 15 is 0 Å². The summed E-state index contributed by atoms with van der Waals surface area (Å²) in [7, 11) is 0. The minimum Gasteiger partial charge on any atom is -0.354 e. The molecule has 0 aliphatic carbocycles. The predicted molar refractivity (Wildman–Crippen MR) is 110 cm³/mol. The van der Waals surface area contributed by atoms with E-state index in [0.717, 1.165) is 5.56 Å². The van der Waals surface area contributed by atoms with E-state index in [0.29, 0.717) is 40.9 Å². The minimum absolute atomic E-state index is 0.236. The van der Waals surface area contributed by atoms with Crippen LogP contribution in [-0.2, 0) is 6.42 Å². The van der Waals surface area contributed by atoms with Gasteiger partial charge in [-0.3, -0.25) is 4.79 Å². The summed E-state index contributed by atoms with van der Waals surface area (Å²) in [5.74, 6) is -0.274. The van der Waals surface area contributed by atoms with E-state index in [-0.39, 0.29) is 17.4 Å². The van der Waals surface area contributed by atoms with Crippen LogP contribution in [0.15, 0.2) is 48.5 Å². The lowest BCUT2D eigenvalue weighted by Crippen LogP contribution is -2.17. The Kier molecular flexibility index (Phi) is 6.21. The summed E-state index contributed by atoms with van der Waals surface area (Å²) in [4.78, 5) is 21.2. The number of benzene rings is 2. The molecule has 0 spiro atoms. The van der Waals surface area contributed by atoms with E-state index in [1.807, 2.05) is 13.0 Å². The van der Waals surface area contributed by atoms with E-state index in [4.69, 9.17) is 11.6 Å². The number of halogens is 2. The van der Waals surface area contributed by atoms with Crippen LogP contribution >= 0.6 is 11.6 Å². The van der Waals surface area contributed by atoms with Gasteiger partial charge in [0, 0.05) is 22.9 Å². The van der Waals surface area contributed by atoms with Gasteiger partial charge in [0.15, 0.2) is 0 Å². The second kappa shape index (κ2) is 8.80. The number of anilines is 2. The van der Waals surface area contributed by atoms with Crippen LogP contribution in [0.2, 0.25) is 5.02 Å². The van der Waals surface area contributed by atoms with E-state index in [1.54, 1.807) is 43.3 Å². The average Bonchev–Trinajstić information content (AvgIpc) is 2.66. The maximum Gasteiger partial charge on any atom is 0.274 e. The molecule has 0 unspecified atom stereocenters. The van der Waals surface area contributed by atoms with Crippen LogP contribution < -0.4 is 10.6 Å². The molecule has 0 aliphatic rings. The Morgan fingerprint density at radius 2 is 1.89 bits per heavy atom. The second-order valence-corrected chi connectivity index (χ2v) is 6.84. The maximum atomic E-state index is 13.7. The van der Waals surface area contributed by atoms with Gasteiger partial charge in [-0.15, -0.1) is 0 Å². The molecule has 1 heterocycles. The average molecular weight is 399 g/mol. The molecule has 3 aromatic rings. The van der Waals surface area contributed by atoms with Crippen LogP contribution in [0.4, 0.5) is 16.0 Å². The summed E-state index contributed by atoms with van der Waals surface area (Å²) < 4.78 is 13.7. The van der Waals surface area contributed by atoms with Gasteiger partial charge in [-0.2, -0.15) is 0 Å². The molecule has 7 heteroatoms. The lowest BCUT2D eigenvalue weighted by molar-refractivity contribution is 0.102. The van der Waals surface area contributed by atoms with Gasteiger partial charge in [-0.05, 0) is 55.7 Å². The van der Waals surface area contributed by atoms with Gasteiger partial charge in [-0.1, -0.05) is 35.9 Å². The van der Waals surface area contributed by atoms with Crippen LogP contribution in [-0.4, -0.2) is 22.4 Å². The molecule has 0 bridgehead atoms. The molecule has 2 aromatic carbocycles. The highest BCUT2D eigenvalue weighted by atomic mass is 35.5. The Labute approximate surface area is 168 Å². The quantitative estimate of drug-likeness (QED) is 0.626. The molecule has 1 aromatic heterocycles. The molecule has 0 fully saturated rings. The Hall–Kier alpha value is -2.99. The number of hydrogen-bond donors (Lipinski definition) is 2.